The highest BCUT2D eigenvalue weighted by Crippen LogP contribution is 2.24. The summed E-state index contributed by atoms with van der Waals surface area (Å²) in [6.07, 6.45) is 2.60. The fourth-order valence-corrected chi connectivity index (χ4v) is 1.97. The van der Waals surface area contributed by atoms with Crippen molar-refractivity contribution < 1.29 is 13.6 Å². The third-order valence-corrected chi connectivity index (χ3v) is 2.78. The SMILES string of the molecule is O=Cc1ccc(N2CCCC(CF)C2)o1. The summed E-state index contributed by atoms with van der Waals surface area (Å²) in [5.41, 5.74) is 0. The second kappa shape index (κ2) is 4.47. The van der Waals surface area contributed by atoms with Gasteiger partial charge in [-0.15, -0.1) is 0 Å². The van der Waals surface area contributed by atoms with Gasteiger partial charge in [-0.2, -0.15) is 0 Å². The minimum absolute atomic E-state index is 0.100. The van der Waals surface area contributed by atoms with Crippen molar-refractivity contribution in [3.63, 3.8) is 0 Å². The fraction of sp³-hybridized carbons (Fsp3) is 0.545. The van der Waals surface area contributed by atoms with Gasteiger partial charge in [-0.1, -0.05) is 0 Å². The van der Waals surface area contributed by atoms with E-state index < -0.39 is 0 Å². The van der Waals surface area contributed by atoms with Crippen LogP contribution in [0.1, 0.15) is 23.4 Å². The molecule has 0 saturated carbocycles. The van der Waals surface area contributed by atoms with E-state index in [0.29, 0.717) is 24.5 Å². The van der Waals surface area contributed by atoms with Gasteiger partial charge in [0.1, 0.15) is 0 Å². The molecular weight excluding hydrogens is 197 g/mol. The Bertz CT molecular complexity index is 337. The highest BCUT2D eigenvalue weighted by molar-refractivity contribution is 5.71. The van der Waals surface area contributed by atoms with Crippen LogP contribution in [0.2, 0.25) is 0 Å². The zero-order chi connectivity index (χ0) is 10.7. The zero-order valence-corrected chi connectivity index (χ0v) is 8.49. The average Bonchev–Trinajstić information content (AvgIpc) is 2.78. The quantitative estimate of drug-likeness (QED) is 0.719. The summed E-state index contributed by atoms with van der Waals surface area (Å²) in [7, 11) is 0. The van der Waals surface area contributed by atoms with E-state index in [4.69, 9.17) is 4.42 Å². The summed E-state index contributed by atoms with van der Waals surface area (Å²) >= 11 is 0. The van der Waals surface area contributed by atoms with Gasteiger partial charge in [0, 0.05) is 25.1 Å². The molecule has 1 saturated heterocycles. The highest BCUT2D eigenvalue weighted by Gasteiger charge is 2.21. The van der Waals surface area contributed by atoms with E-state index >= 15 is 0 Å². The Labute approximate surface area is 87.9 Å². The van der Waals surface area contributed by atoms with Crippen LogP contribution in [0.3, 0.4) is 0 Å². The van der Waals surface area contributed by atoms with Crippen LogP contribution in [0, 0.1) is 5.92 Å². The van der Waals surface area contributed by atoms with Crippen molar-refractivity contribution in [3.05, 3.63) is 17.9 Å². The van der Waals surface area contributed by atoms with Crippen LogP contribution >= 0.6 is 0 Å². The third-order valence-electron chi connectivity index (χ3n) is 2.78. The molecule has 0 amide bonds. The van der Waals surface area contributed by atoms with Crippen LogP contribution < -0.4 is 4.90 Å². The number of carbonyl (C=O) groups excluding carboxylic acids is 1. The van der Waals surface area contributed by atoms with E-state index in [0.717, 1.165) is 19.4 Å². The highest BCUT2D eigenvalue weighted by atomic mass is 19.1. The van der Waals surface area contributed by atoms with Gasteiger partial charge in [-0.3, -0.25) is 9.18 Å². The summed E-state index contributed by atoms with van der Waals surface area (Å²) in [6.45, 7) is 1.28. The molecule has 0 radical (unpaired) electrons. The molecule has 1 aliphatic rings. The smallest absolute Gasteiger partial charge is 0.196 e. The third kappa shape index (κ3) is 2.19. The second-order valence-electron chi connectivity index (χ2n) is 3.90. The molecule has 1 aliphatic heterocycles. The number of furan rings is 1. The number of piperidine rings is 1. The summed E-state index contributed by atoms with van der Waals surface area (Å²) < 4.78 is 17.8. The van der Waals surface area contributed by atoms with Crippen molar-refractivity contribution in [1.29, 1.82) is 0 Å². The predicted molar refractivity (Wildman–Crippen MR) is 55.0 cm³/mol. The Balaban J connectivity index is 2.06. The molecule has 1 aromatic heterocycles. The molecule has 0 bridgehead atoms. The molecule has 0 aliphatic carbocycles. The molecule has 15 heavy (non-hydrogen) atoms. The lowest BCUT2D eigenvalue weighted by atomic mass is 10.00. The molecule has 1 fully saturated rings. The largest absolute Gasteiger partial charge is 0.438 e. The topological polar surface area (TPSA) is 33.5 Å². The number of hydrogen-bond acceptors (Lipinski definition) is 3. The van der Waals surface area contributed by atoms with Crippen molar-refractivity contribution in [2.24, 2.45) is 5.92 Å². The maximum absolute atomic E-state index is 12.5. The maximum Gasteiger partial charge on any atom is 0.196 e. The lowest BCUT2D eigenvalue weighted by Gasteiger charge is -2.31. The Kier molecular flexibility index (Phi) is 3.04. The van der Waals surface area contributed by atoms with Crippen LogP contribution in [0.15, 0.2) is 16.5 Å². The Hall–Kier alpha value is -1.32. The molecule has 1 atom stereocenters. The normalized spacial score (nSPS) is 21.7. The summed E-state index contributed by atoms with van der Waals surface area (Å²) in [6, 6.07) is 3.41. The monoisotopic (exact) mass is 211 g/mol. The fourth-order valence-electron chi connectivity index (χ4n) is 1.97. The van der Waals surface area contributed by atoms with Gasteiger partial charge in [0.15, 0.2) is 17.9 Å². The van der Waals surface area contributed by atoms with Gasteiger partial charge in [0.05, 0.1) is 6.67 Å². The number of nitrogens with zero attached hydrogens (tertiary/aromatic N) is 1. The van der Waals surface area contributed by atoms with Gasteiger partial charge in [-0.05, 0) is 18.9 Å². The van der Waals surface area contributed by atoms with Crippen molar-refractivity contribution in [1.82, 2.24) is 0 Å². The Morgan fingerprint density at radius 1 is 1.60 bits per heavy atom. The van der Waals surface area contributed by atoms with Gasteiger partial charge in [-0.25, -0.2) is 0 Å². The number of rotatable bonds is 3. The molecule has 0 spiro atoms. The lowest BCUT2D eigenvalue weighted by molar-refractivity contribution is 0.110. The number of alkyl halides is 1. The number of hydrogen-bond donors (Lipinski definition) is 0. The average molecular weight is 211 g/mol. The van der Waals surface area contributed by atoms with Crippen LogP contribution in [-0.4, -0.2) is 26.1 Å². The lowest BCUT2D eigenvalue weighted by Crippen LogP contribution is -2.35. The van der Waals surface area contributed by atoms with E-state index in [1.54, 1.807) is 12.1 Å². The first-order chi connectivity index (χ1) is 7.33. The minimum Gasteiger partial charge on any atom is -0.438 e. The molecule has 1 aromatic rings. The Morgan fingerprint density at radius 3 is 3.13 bits per heavy atom. The van der Waals surface area contributed by atoms with Crippen molar-refractivity contribution in [2.45, 2.75) is 12.8 Å². The first-order valence-electron chi connectivity index (χ1n) is 5.19. The molecule has 2 heterocycles. The Morgan fingerprint density at radius 2 is 2.47 bits per heavy atom. The minimum atomic E-state index is -0.280. The second-order valence-corrected chi connectivity index (χ2v) is 3.90. The summed E-state index contributed by atoms with van der Waals surface area (Å²) in [4.78, 5) is 12.5. The van der Waals surface area contributed by atoms with Gasteiger partial charge < -0.3 is 9.32 Å². The summed E-state index contributed by atoms with van der Waals surface area (Å²) in [5, 5.41) is 0. The zero-order valence-electron chi connectivity index (χ0n) is 8.49. The van der Waals surface area contributed by atoms with Gasteiger partial charge >= 0.3 is 0 Å². The van der Waals surface area contributed by atoms with Gasteiger partial charge in [0.25, 0.3) is 0 Å². The van der Waals surface area contributed by atoms with Crippen LogP contribution in [-0.2, 0) is 0 Å². The van der Waals surface area contributed by atoms with E-state index in [2.05, 4.69) is 0 Å². The molecule has 3 nitrogen and oxygen atoms in total. The number of carbonyl (C=O) groups is 1. The molecule has 82 valence electrons. The molecule has 0 N–H and O–H groups in total. The van der Waals surface area contributed by atoms with Gasteiger partial charge in [0.2, 0.25) is 0 Å². The molecule has 4 heteroatoms. The first-order valence-corrected chi connectivity index (χ1v) is 5.19. The van der Waals surface area contributed by atoms with Crippen molar-refractivity contribution >= 4 is 12.2 Å². The number of halogens is 1. The molecule has 1 unspecified atom stereocenters. The first kappa shape index (κ1) is 10.2. The standard InChI is InChI=1S/C11H14FNO2/c12-6-9-2-1-5-13(7-9)11-4-3-10(8-14)15-11/h3-4,8-9H,1-2,5-7H2. The molecule has 2 rings (SSSR count). The maximum atomic E-state index is 12.5. The molecular formula is C11H14FNO2. The van der Waals surface area contributed by atoms with E-state index in [-0.39, 0.29) is 12.6 Å². The van der Waals surface area contributed by atoms with Crippen LogP contribution in [0.25, 0.3) is 0 Å². The van der Waals surface area contributed by atoms with E-state index in [1.807, 2.05) is 4.90 Å². The molecule has 0 aromatic carbocycles. The van der Waals surface area contributed by atoms with E-state index in [1.165, 1.54) is 0 Å². The van der Waals surface area contributed by atoms with E-state index in [9.17, 15) is 9.18 Å². The number of anilines is 1. The van der Waals surface area contributed by atoms with Crippen LogP contribution in [0.4, 0.5) is 10.3 Å². The van der Waals surface area contributed by atoms with Crippen molar-refractivity contribution in [2.75, 3.05) is 24.7 Å². The summed E-state index contributed by atoms with van der Waals surface area (Å²) in [5.74, 6) is 1.10. The van der Waals surface area contributed by atoms with Crippen LogP contribution in [0.5, 0.6) is 0 Å². The predicted octanol–water partition coefficient (Wildman–Crippen LogP) is 2.28. The number of aldehydes is 1. The van der Waals surface area contributed by atoms with Crippen molar-refractivity contribution in [3.8, 4) is 0 Å².